The van der Waals surface area contributed by atoms with Crippen LogP contribution in [0.25, 0.3) is 0 Å². The average Bonchev–Trinajstić information content (AvgIpc) is 2.68. The molecular weight excluding hydrogens is 376 g/mol. The zero-order chi connectivity index (χ0) is 20.8. The number of halogens is 4. The minimum absolute atomic E-state index is 0.149. The fourth-order valence-electron chi connectivity index (χ4n) is 4.39. The van der Waals surface area contributed by atoms with Gasteiger partial charge in [-0.05, 0) is 91.8 Å². The lowest BCUT2D eigenvalue weighted by atomic mass is 9.81. The molecule has 158 valence electrons. The average molecular weight is 407 g/mol. The van der Waals surface area contributed by atoms with Gasteiger partial charge in [-0.25, -0.2) is 17.6 Å². The minimum atomic E-state index is -0.827. The lowest BCUT2D eigenvalue weighted by Gasteiger charge is -2.25. The van der Waals surface area contributed by atoms with E-state index in [0.29, 0.717) is 32.1 Å². The van der Waals surface area contributed by atoms with Crippen LogP contribution in [0.15, 0.2) is 24.3 Å². The van der Waals surface area contributed by atoms with Crippen LogP contribution in [0.2, 0.25) is 0 Å². The molecule has 0 saturated carbocycles. The Kier molecular flexibility index (Phi) is 7.74. The number of fused-ring (bicyclic) bond motifs is 1. The van der Waals surface area contributed by atoms with Crippen molar-refractivity contribution in [2.75, 3.05) is 0 Å². The summed E-state index contributed by atoms with van der Waals surface area (Å²) >= 11 is 0. The highest BCUT2D eigenvalue weighted by Crippen LogP contribution is 2.31. The van der Waals surface area contributed by atoms with Gasteiger partial charge in [-0.1, -0.05) is 32.6 Å². The smallest absolute Gasteiger partial charge is 0.159 e. The molecule has 3 rings (SSSR count). The van der Waals surface area contributed by atoms with Crippen molar-refractivity contribution >= 4 is 0 Å². The molecule has 1 aliphatic rings. The molecule has 0 spiro atoms. The van der Waals surface area contributed by atoms with Crippen LogP contribution in [-0.2, 0) is 25.7 Å². The molecule has 29 heavy (non-hydrogen) atoms. The highest BCUT2D eigenvalue weighted by molar-refractivity contribution is 5.32. The molecule has 2 aromatic rings. The third-order valence-corrected chi connectivity index (χ3v) is 6.15. The summed E-state index contributed by atoms with van der Waals surface area (Å²) in [5.74, 6) is -2.33. The van der Waals surface area contributed by atoms with Crippen molar-refractivity contribution in [2.24, 2.45) is 5.92 Å². The first kappa shape index (κ1) is 21.9. The van der Waals surface area contributed by atoms with Crippen LogP contribution in [0, 0.1) is 29.2 Å². The van der Waals surface area contributed by atoms with Crippen LogP contribution in [0.4, 0.5) is 17.6 Å². The van der Waals surface area contributed by atoms with Crippen molar-refractivity contribution in [3.63, 3.8) is 0 Å². The first-order chi connectivity index (χ1) is 14.0. The molecule has 0 nitrogen and oxygen atoms in total. The lowest BCUT2D eigenvalue weighted by Crippen LogP contribution is -2.16. The minimum Gasteiger partial charge on any atom is -0.207 e. The Balaban J connectivity index is 1.56. The number of hydrogen-bond acceptors (Lipinski definition) is 0. The zero-order valence-electron chi connectivity index (χ0n) is 17.2. The summed E-state index contributed by atoms with van der Waals surface area (Å²) < 4.78 is 55.9. The Hall–Kier alpha value is -1.84. The first-order valence-electron chi connectivity index (χ1n) is 10.9. The largest absolute Gasteiger partial charge is 0.207 e. The second-order valence-corrected chi connectivity index (χ2v) is 8.38. The molecule has 1 unspecified atom stereocenters. The Labute approximate surface area is 171 Å². The van der Waals surface area contributed by atoms with Gasteiger partial charge in [-0.15, -0.1) is 0 Å². The molecule has 1 atom stereocenters. The van der Waals surface area contributed by atoms with Gasteiger partial charge in [0.1, 0.15) is 11.6 Å². The predicted molar refractivity (Wildman–Crippen MR) is 109 cm³/mol. The molecular formula is C25H30F4. The van der Waals surface area contributed by atoms with E-state index in [2.05, 4.69) is 6.92 Å². The van der Waals surface area contributed by atoms with Crippen LogP contribution < -0.4 is 0 Å². The van der Waals surface area contributed by atoms with Crippen molar-refractivity contribution in [2.45, 2.75) is 77.6 Å². The number of benzene rings is 2. The summed E-state index contributed by atoms with van der Waals surface area (Å²) in [7, 11) is 0. The van der Waals surface area contributed by atoms with Crippen molar-refractivity contribution in [1.82, 2.24) is 0 Å². The molecule has 1 aliphatic carbocycles. The van der Waals surface area contributed by atoms with Gasteiger partial charge in [0.2, 0.25) is 0 Å². The van der Waals surface area contributed by atoms with Crippen LogP contribution in [0.1, 0.15) is 74.1 Å². The third-order valence-electron chi connectivity index (χ3n) is 6.15. The second kappa shape index (κ2) is 10.3. The quantitative estimate of drug-likeness (QED) is 0.299. The van der Waals surface area contributed by atoms with E-state index in [1.165, 1.54) is 43.5 Å². The topological polar surface area (TPSA) is 0 Å². The Morgan fingerprint density at radius 1 is 0.759 bits per heavy atom. The summed E-state index contributed by atoms with van der Waals surface area (Å²) in [5.41, 5.74) is 2.54. The number of rotatable bonds is 9. The molecule has 0 N–H and O–H groups in total. The van der Waals surface area contributed by atoms with E-state index < -0.39 is 23.3 Å². The molecule has 2 aromatic carbocycles. The summed E-state index contributed by atoms with van der Waals surface area (Å²) in [6.45, 7) is 2.16. The van der Waals surface area contributed by atoms with Gasteiger partial charge < -0.3 is 0 Å². The lowest BCUT2D eigenvalue weighted by molar-refractivity contribution is 0.413. The molecule has 0 aromatic heterocycles. The molecule has 0 saturated heterocycles. The number of unbranched alkanes of at least 4 members (excludes halogenated alkanes) is 4. The predicted octanol–water partition coefficient (Wildman–Crippen LogP) is 7.49. The van der Waals surface area contributed by atoms with E-state index in [9.17, 15) is 17.6 Å². The maximum absolute atomic E-state index is 14.5. The molecule has 0 aliphatic heterocycles. The van der Waals surface area contributed by atoms with Crippen LogP contribution in [-0.4, -0.2) is 0 Å². The van der Waals surface area contributed by atoms with Crippen LogP contribution in [0.5, 0.6) is 0 Å². The van der Waals surface area contributed by atoms with Gasteiger partial charge in [-0.3, -0.25) is 0 Å². The number of hydrogen-bond donors (Lipinski definition) is 0. The maximum atomic E-state index is 14.5. The van der Waals surface area contributed by atoms with Gasteiger partial charge in [-0.2, -0.15) is 0 Å². The summed E-state index contributed by atoms with van der Waals surface area (Å²) in [6, 6.07) is 5.51. The molecule has 0 bridgehead atoms. The van der Waals surface area contributed by atoms with Gasteiger partial charge in [0.25, 0.3) is 0 Å². The number of aryl methyl sites for hydroxylation is 2. The fourth-order valence-corrected chi connectivity index (χ4v) is 4.39. The Morgan fingerprint density at radius 3 is 2.10 bits per heavy atom. The van der Waals surface area contributed by atoms with Gasteiger partial charge in [0.05, 0.1) is 0 Å². The SMILES string of the molecule is CCCCCCCc1cc(F)c(CCC2CCc3cc(F)c(F)cc3C2)c(F)c1. The molecule has 0 heterocycles. The van der Waals surface area contributed by atoms with Crippen molar-refractivity contribution in [3.8, 4) is 0 Å². The molecule has 0 radical (unpaired) electrons. The normalized spacial score (nSPS) is 16.1. The Bertz CT molecular complexity index is 805. The fraction of sp³-hybridized carbons (Fsp3) is 0.520. The monoisotopic (exact) mass is 406 g/mol. The van der Waals surface area contributed by atoms with Gasteiger partial charge in [0.15, 0.2) is 11.6 Å². The first-order valence-corrected chi connectivity index (χ1v) is 10.9. The van der Waals surface area contributed by atoms with Gasteiger partial charge >= 0.3 is 0 Å². The molecule has 0 amide bonds. The van der Waals surface area contributed by atoms with E-state index in [1.807, 2.05) is 0 Å². The highest BCUT2D eigenvalue weighted by atomic mass is 19.2. The summed E-state index contributed by atoms with van der Waals surface area (Å²) in [5, 5.41) is 0. The van der Waals surface area contributed by atoms with Crippen LogP contribution >= 0.6 is 0 Å². The maximum Gasteiger partial charge on any atom is 0.159 e. The van der Waals surface area contributed by atoms with Crippen molar-refractivity contribution in [1.29, 1.82) is 0 Å². The van der Waals surface area contributed by atoms with E-state index >= 15 is 0 Å². The summed E-state index contributed by atoms with van der Waals surface area (Å²) in [6.07, 6.45) is 9.41. The molecule has 0 fully saturated rings. The Morgan fingerprint density at radius 2 is 1.41 bits per heavy atom. The van der Waals surface area contributed by atoms with E-state index in [4.69, 9.17) is 0 Å². The van der Waals surface area contributed by atoms with Crippen molar-refractivity contribution < 1.29 is 17.6 Å². The van der Waals surface area contributed by atoms with Gasteiger partial charge in [0, 0.05) is 5.56 Å². The summed E-state index contributed by atoms with van der Waals surface area (Å²) in [4.78, 5) is 0. The van der Waals surface area contributed by atoms with E-state index in [-0.39, 0.29) is 11.5 Å². The standard InChI is InChI=1S/C25H30F4/c1-2-3-4-5-6-7-18-13-22(26)21(23(27)14-18)11-9-17-8-10-19-15-24(28)25(29)16-20(19)12-17/h13-17H,2-12H2,1H3. The zero-order valence-corrected chi connectivity index (χ0v) is 17.2. The van der Waals surface area contributed by atoms with Crippen molar-refractivity contribution in [3.05, 3.63) is 69.8 Å². The second-order valence-electron chi connectivity index (χ2n) is 8.38. The molecule has 4 heteroatoms. The van der Waals surface area contributed by atoms with E-state index in [0.717, 1.165) is 36.0 Å². The van der Waals surface area contributed by atoms with E-state index in [1.54, 1.807) is 0 Å². The van der Waals surface area contributed by atoms with Crippen LogP contribution in [0.3, 0.4) is 0 Å². The third kappa shape index (κ3) is 5.83. The highest BCUT2D eigenvalue weighted by Gasteiger charge is 2.22.